The van der Waals surface area contributed by atoms with Crippen molar-refractivity contribution in [3.63, 3.8) is 0 Å². The molecule has 1 aliphatic heterocycles. The van der Waals surface area contributed by atoms with Crippen LogP contribution in [0.3, 0.4) is 0 Å². The Morgan fingerprint density at radius 1 is 1.05 bits per heavy atom. The van der Waals surface area contributed by atoms with Gasteiger partial charge in [0, 0.05) is 22.5 Å². The highest BCUT2D eigenvalue weighted by atomic mass is 35.5. The van der Waals surface area contributed by atoms with Crippen LogP contribution in [0.25, 0.3) is 11.5 Å². The van der Waals surface area contributed by atoms with E-state index in [0.29, 0.717) is 23.7 Å². The summed E-state index contributed by atoms with van der Waals surface area (Å²) in [6, 6.07) is 25.0. The first-order chi connectivity index (χ1) is 18.9. The molecule has 0 saturated carbocycles. The number of rotatable bonds is 4. The van der Waals surface area contributed by atoms with Gasteiger partial charge in [-0.15, -0.1) is 0 Å². The van der Waals surface area contributed by atoms with Crippen molar-refractivity contribution in [1.82, 2.24) is 19.2 Å². The van der Waals surface area contributed by atoms with Crippen LogP contribution in [-0.4, -0.2) is 25.3 Å². The number of nitrogens with one attached hydrogen (secondary N) is 1. The second-order valence-electron chi connectivity index (χ2n) is 9.63. The van der Waals surface area contributed by atoms with Crippen molar-refractivity contribution < 1.29 is 9.18 Å². The van der Waals surface area contributed by atoms with E-state index in [2.05, 4.69) is 16.8 Å². The molecule has 196 valence electrons. The van der Waals surface area contributed by atoms with E-state index in [1.54, 1.807) is 23.1 Å². The summed E-state index contributed by atoms with van der Waals surface area (Å²) in [5.41, 5.74) is 6.00. The minimum Gasteiger partial charge on any atom is -0.308 e. The van der Waals surface area contributed by atoms with E-state index >= 15 is 0 Å². The molecule has 0 spiro atoms. The van der Waals surface area contributed by atoms with Crippen LogP contribution < -0.4 is 5.32 Å². The molecular weight excluding hydrogens is 513 g/mol. The number of carbonyl (C=O) groups excluding carboxylic acids is 1. The van der Waals surface area contributed by atoms with Crippen LogP contribution in [0.4, 0.5) is 14.9 Å². The fourth-order valence-corrected chi connectivity index (χ4v) is 5.39. The molecule has 0 radical (unpaired) electrons. The molecule has 0 bridgehead atoms. The second-order valence-corrected chi connectivity index (χ2v) is 10.0. The van der Waals surface area contributed by atoms with E-state index in [-0.39, 0.29) is 11.8 Å². The number of aryl methyl sites for hydroxylation is 2. The van der Waals surface area contributed by atoms with Crippen molar-refractivity contribution in [2.75, 3.05) is 5.32 Å². The molecule has 2 aromatic heterocycles. The summed E-state index contributed by atoms with van der Waals surface area (Å²) in [7, 11) is 0. The summed E-state index contributed by atoms with van der Waals surface area (Å²) in [6.45, 7) is 4.29. The van der Waals surface area contributed by atoms with Crippen molar-refractivity contribution in [1.29, 1.82) is 0 Å². The molecule has 5 aromatic rings. The Morgan fingerprint density at radius 3 is 2.54 bits per heavy atom. The van der Waals surface area contributed by atoms with Gasteiger partial charge >= 0.3 is 6.03 Å². The standard InChI is InChI=1S/C31H27ClFN5O/c1-3-27-25-19-37(31(39)34-23-16-11-20(2)26(32)18-23)29(21-12-14-22(33)15-13-21)28-10-7-17-36(28)30(25)38(35-27)24-8-5-4-6-9-24/h4-18,29H,3,19H2,1-2H3,(H,34,39)/t29-/m0/s1. The number of benzene rings is 3. The summed E-state index contributed by atoms with van der Waals surface area (Å²) >= 11 is 6.35. The largest absolute Gasteiger partial charge is 0.322 e. The van der Waals surface area contributed by atoms with Gasteiger partial charge in [0.05, 0.1) is 29.7 Å². The lowest BCUT2D eigenvalue weighted by molar-refractivity contribution is 0.194. The van der Waals surface area contributed by atoms with E-state index < -0.39 is 6.04 Å². The highest BCUT2D eigenvalue weighted by Crippen LogP contribution is 2.39. The fraction of sp³-hybridized carbons (Fsp3) is 0.161. The number of fused-ring (bicyclic) bond motifs is 3. The van der Waals surface area contributed by atoms with Gasteiger partial charge in [-0.1, -0.05) is 54.9 Å². The zero-order valence-electron chi connectivity index (χ0n) is 21.6. The van der Waals surface area contributed by atoms with Gasteiger partial charge in [0.1, 0.15) is 11.6 Å². The fourth-order valence-electron chi connectivity index (χ4n) is 5.21. The summed E-state index contributed by atoms with van der Waals surface area (Å²) in [4.78, 5) is 15.8. The minimum absolute atomic E-state index is 0.292. The first-order valence-corrected chi connectivity index (χ1v) is 13.3. The Balaban J connectivity index is 1.54. The quantitative estimate of drug-likeness (QED) is 0.258. The van der Waals surface area contributed by atoms with Crippen molar-refractivity contribution in [2.24, 2.45) is 0 Å². The number of halogens is 2. The number of nitrogens with zero attached hydrogens (tertiary/aromatic N) is 4. The number of hydrogen-bond acceptors (Lipinski definition) is 2. The first-order valence-electron chi connectivity index (χ1n) is 12.9. The van der Waals surface area contributed by atoms with Gasteiger partial charge in [0.15, 0.2) is 0 Å². The van der Waals surface area contributed by atoms with E-state index in [9.17, 15) is 9.18 Å². The zero-order valence-corrected chi connectivity index (χ0v) is 22.4. The van der Waals surface area contributed by atoms with Gasteiger partial charge in [-0.3, -0.25) is 0 Å². The molecule has 1 aliphatic rings. The number of amides is 2. The topological polar surface area (TPSA) is 55.1 Å². The van der Waals surface area contributed by atoms with Crippen molar-refractivity contribution in [3.8, 4) is 11.5 Å². The van der Waals surface area contributed by atoms with Crippen LogP contribution in [-0.2, 0) is 13.0 Å². The van der Waals surface area contributed by atoms with Gasteiger partial charge in [-0.2, -0.15) is 5.10 Å². The number of aromatic nitrogens is 3. The molecule has 39 heavy (non-hydrogen) atoms. The Morgan fingerprint density at radius 2 is 1.82 bits per heavy atom. The number of para-hydroxylation sites is 1. The molecule has 0 saturated heterocycles. The molecule has 1 atom stereocenters. The lowest BCUT2D eigenvalue weighted by atomic mass is 10.0. The molecule has 3 heterocycles. The maximum Gasteiger partial charge on any atom is 0.322 e. The molecule has 6 nitrogen and oxygen atoms in total. The lowest BCUT2D eigenvalue weighted by Gasteiger charge is -2.31. The van der Waals surface area contributed by atoms with Crippen molar-refractivity contribution in [3.05, 3.63) is 130 Å². The first kappa shape index (κ1) is 24.9. The van der Waals surface area contributed by atoms with Gasteiger partial charge in [0.25, 0.3) is 0 Å². The Kier molecular flexibility index (Phi) is 6.45. The summed E-state index contributed by atoms with van der Waals surface area (Å²) in [5, 5.41) is 8.60. The lowest BCUT2D eigenvalue weighted by Crippen LogP contribution is -2.38. The molecule has 0 unspecified atom stereocenters. The third-order valence-electron chi connectivity index (χ3n) is 7.17. The molecule has 1 N–H and O–H groups in total. The van der Waals surface area contributed by atoms with Crippen LogP contribution in [0.1, 0.15) is 41.0 Å². The van der Waals surface area contributed by atoms with Crippen LogP contribution in [0.2, 0.25) is 5.02 Å². The predicted molar refractivity (Wildman–Crippen MR) is 151 cm³/mol. The Bertz CT molecular complexity index is 1660. The van der Waals surface area contributed by atoms with E-state index in [4.69, 9.17) is 16.7 Å². The predicted octanol–water partition coefficient (Wildman–Crippen LogP) is 7.46. The SMILES string of the molecule is CCc1nn(-c2ccccc2)c2c1CN(C(=O)Nc1ccc(C)c(Cl)c1)[C@@H](c1ccc(F)cc1)c1cccn1-2. The van der Waals surface area contributed by atoms with Crippen LogP contribution in [0.15, 0.2) is 91.1 Å². The molecule has 6 rings (SSSR count). The monoisotopic (exact) mass is 539 g/mol. The smallest absolute Gasteiger partial charge is 0.308 e. The summed E-state index contributed by atoms with van der Waals surface area (Å²) in [6.07, 6.45) is 2.69. The maximum absolute atomic E-state index is 14.0. The third kappa shape index (κ3) is 4.49. The highest BCUT2D eigenvalue weighted by molar-refractivity contribution is 6.31. The maximum atomic E-state index is 14.0. The van der Waals surface area contributed by atoms with E-state index in [1.807, 2.05) is 72.4 Å². The van der Waals surface area contributed by atoms with Gasteiger partial charge in [-0.25, -0.2) is 13.9 Å². The molecule has 2 amide bonds. The normalized spacial score (nSPS) is 14.5. The van der Waals surface area contributed by atoms with Crippen LogP contribution >= 0.6 is 11.6 Å². The van der Waals surface area contributed by atoms with E-state index in [0.717, 1.165) is 39.6 Å². The van der Waals surface area contributed by atoms with Gasteiger partial charge < -0.3 is 14.8 Å². The molecule has 3 aromatic carbocycles. The van der Waals surface area contributed by atoms with Crippen molar-refractivity contribution >= 4 is 23.3 Å². The Hall–Kier alpha value is -4.36. The minimum atomic E-state index is -0.483. The zero-order chi connectivity index (χ0) is 27.1. The second kappa shape index (κ2) is 10.1. The third-order valence-corrected chi connectivity index (χ3v) is 7.58. The van der Waals surface area contributed by atoms with Gasteiger partial charge in [0.2, 0.25) is 0 Å². The molecule has 0 fully saturated rings. The molecule has 0 aliphatic carbocycles. The Labute approximate surface area is 231 Å². The average molecular weight is 540 g/mol. The highest BCUT2D eigenvalue weighted by Gasteiger charge is 2.36. The number of carbonyl (C=O) groups is 1. The summed E-state index contributed by atoms with van der Waals surface area (Å²) < 4.78 is 18.0. The number of urea groups is 1. The number of hydrogen-bond donors (Lipinski definition) is 1. The van der Waals surface area contributed by atoms with Gasteiger partial charge in [-0.05, 0) is 73.0 Å². The molecular formula is C31H27ClFN5O. The van der Waals surface area contributed by atoms with Crippen molar-refractivity contribution in [2.45, 2.75) is 32.9 Å². The average Bonchev–Trinajstić information content (AvgIpc) is 3.53. The van der Waals surface area contributed by atoms with Crippen LogP contribution in [0, 0.1) is 12.7 Å². The van der Waals surface area contributed by atoms with E-state index in [1.165, 1.54) is 12.1 Å². The molecule has 8 heteroatoms. The summed E-state index contributed by atoms with van der Waals surface area (Å²) in [5.74, 6) is 0.558. The number of anilines is 1. The van der Waals surface area contributed by atoms with Crippen LogP contribution in [0.5, 0.6) is 0 Å².